The molecule has 96 valence electrons. The topological polar surface area (TPSA) is 46.2 Å². The minimum atomic E-state index is -3.31. The Morgan fingerprint density at radius 3 is 2.65 bits per heavy atom. The Hall–Kier alpha value is -0.450. The molecule has 0 bridgehead atoms. The lowest BCUT2D eigenvalue weighted by molar-refractivity contribution is 0.598. The smallest absolute Gasteiger partial charge is 0.232 e. The Morgan fingerprint density at radius 1 is 1.29 bits per heavy atom. The normalized spacial score (nSPS) is 11.5. The van der Waals surface area contributed by atoms with Crippen molar-refractivity contribution in [2.75, 3.05) is 16.4 Å². The summed E-state index contributed by atoms with van der Waals surface area (Å²) in [4.78, 5) is 0. The SMILES string of the molecule is Cc1ccc(Cl)cc1NS(=O)(=O)CCCCCl. The van der Waals surface area contributed by atoms with Crippen LogP contribution in [0.2, 0.25) is 5.02 Å². The van der Waals surface area contributed by atoms with Crippen molar-refractivity contribution >= 4 is 38.9 Å². The van der Waals surface area contributed by atoms with E-state index in [-0.39, 0.29) is 5.75 Å². The van der Waals surface area contributed by atoms with Crippen LogP contribution in [0.25, 0.3) is 0 Å². The second-order valence-electron chi connectivity index (χ2n) is 3.78. The number of sulfonamides is 1. The molecule has 6 heteroatoms. The van der Waals surface area contributed by atoms with E-state index in [4.69, 9.17) is 23.2 Å². The number of halogens is 2. The van der Waals surface area contributed by atoms with Crippen molar-refractivity contribution in [2.24, 2.45) is 0 Å². The summed E-state index contributed by atoms with van der Waals surface area (Å²) in [5.74, 6) is 0.553. The number of anilines is 1. The number of hydrogen-bond donors (Lipinski definition) is 1. The maximum Gasteiger partial charge on any atom is 0.232 e. The monoisotopic (exact) mass is 295 g/mol. The van der Waals surface area contributed by atoms with E-state index in [1.165, 1.54) is 0 Å². The van der Waals surface area contributed by atoms with Crippen LogP contribution in [-0.4, -0.2) is 20.1 Å². The molecule has 1 aromatic carbocycles. The number of unbranched alkanes of at least 4 members (excludes halogenated alkanes) is 1. The first-order chi connectivity index (χ1) is 7.94. The largest absolute Gasteiger partial charge is 0.283 e. The van der Waals surface area contributed by atoms with Crippen LogP contribution < -0.4 is 4.72 Å². The van der Waals surface area contributed by atoms with Crippen molar-refractivity contribution < 1.29 is 8.42 Å². The fourth-order valence-electron chi connectivity index (χ4n) is 1.31. The van der Waals surface area contributed by atoms with Crippen LogP contribution in [0.3, 0.4) is 0 Å². The van der Waals surface area contributed by atoms with Crippen molar-refractivity contribution in [1.82, 2.24) is 0 Å². The molecule has 17 heavy (non-hydrogen) atoms. The number of nitrogens with one attached hydrogen (secondary N) is 1. The molecule has 1 rings (SSSR count). The zero-order chi connectivity index (χ0) is 12.9. The summed E-state index contributed by atoms with van der Waals surface area (Å²) in [5, 5.41) is 0.508. The molecule has 0 saturated carbocycles. The zero-order valence-corrected chi connectivity index (χ0v) is 11.9. The highest BCUT2D eigenvalue weighted by molar-refractivity contribution is 7.92. The summed E-state index contributed by atoms with van der Waals surface area (Å²) in [6.45, 7) is 1.83. The molecule has 0 fully saturated rings. The van der Waals surface area contributed by atoms with Gasteiger partial charge in [0.05, 0.1) is 11.4 Å². The van der Waals surface area contributed by atoms with E-state index in [0.717, 1.165) is 5.56 Å². The molecule has 3 nitrogen and oxygen atoms in total. The Labute approximate surface area is 112 Å². The van der Waals surface area contributed by atoms with Crippen LogP contribution in [0.15, 0.2) is 18.2 Å². The van der Waals surface area contributed by atoms with Gasteiger partial charge in [-0.05, 0) is 37.5 Å². The van der Waals surface area contributed by atoms with Gasteiger partial charge in [-0.2, -0.15) is 0 Å². The number of aryl methyl sites for hydroxylation is 1. The average Bonchev–Trinajstić information content (AvgIpc) is 2.23. The quantitative estimate of drug-likeness (QED) is 0.646. The molecule has 0 saturated heterocycles. The van der Waals surface area contributed by atoms with E-state index in [1.807, 2.05) is 6.92 Å². The van der Waals surface area contributed by atoms with Crippen molar-refractivity contribution in [3.05, 3.63) is 28.8 Å². The minimum Gasteiger partial charge on any atom is -0.283 e. The van der Waals surface area contributed by atoms with Gasteiger partial charge in [0, 0.05) is 10.9 Å². The van der Waals surface area contributed by atoms with Gasteiger partial charge >= 0.3 is 0 Å². The van der Waals surface area contributed by atoms with E-state index in [9.17, 15) is 8.42 Å². The van der Waals surface area contributed by atoms with Crippen molar-refractivity contribution in [3.8, 4) is 0 Å². The number of benzene rings is 1. The van der Waals surface area contributed by atoms with Gasteiger partial charge in [-0.25, -0.2) is 8.42 Å². The first kappa shape index (κ1) is 14.6. The standard InChI is InChI=1S/C11H15Cl2NO2S/c1-9-4-5-10(13)8-11(9)14-17(15,16)7-3-2-6-12/h4-5,8,14H,2-3,6-7H2,1H3. The summed E-state index contributed by atoms with van der Waals surface area (Å²) in [6, 6.07) is 5.11. The lowest BCUT2D eigenvalue weighted by Gasteiger charge is -2.10. The van der Waals surface area contributed by atoms with Gasteiger partial charge in [0.25, 0.3) is 0 Å². The van der Waals surface area contributed by atoms with Crippen LogP contribution >= 0.6 is 23.2 Å². The van der Waals surface area contributed by atoms with E-state index >= 15 is 0 Å². The van der Waals surface area contributed by atoms with Crippen molar-refractivity contribution in [2.45, 2.75) is 19.8 Å². The van der Waals surface area contributed by atoms with Crippen LogP contribution in [0.5, 0.6) is 0 Å². The highest BCUT2D eigenvalue weighted by atomic mass is 35.5. The van der Waals surface area contributed by atoms with Gasteiger partial charge in [-0.3, -0.25) is 4.72 Å². The predicted octanol–water partition coefficient (Wildman–Crippen LogP) is 3.41. The maximum atomic E-state index is 11.7. The van der Waals surface area contributed by atoms with Crippen molar-refractivity contribution in [1.29, 1.82) is 0 Å². The first-order valence-corrected chi connectivity index (χ1v) is 7.84. The maximum absolute atomic E-state index is 11.7. The zero-order valence-electron chi connectivity index (χ0n) is 9.54. The third kappa shape index (κ3) is 5.15. The lowest BCUT2D eigenvalue weighted by Crippen LogP contribution is -2.17. The van der Waals surface area contributed by atoms with Crippen LogP contribution in [-0.2, 0) is 10.0 Å². The van der Waals surface area contributed by atoms with Gasteiger partial charge in [0.1, 0.15) is 0 Å². The molecule has 0 aliphatic heterocycles. The summed E-state index contributed by atoms with van der Waals surface area (Å²) in [6.07, 6.45) is 1.25. The average molecular weight is 296 g/mol. The predicted molar refractivity (Wildman–Crippen MR) is 73.6 cm³/mol. The van der Waals surface area contributed by atoms with Crippen LogP contribution in [0, 0.1) is 6.92 Å². The van der Waals surface area contributed by atoms with Crippen LogP contribution in [0.1, 0.15) is 18.4 Å². The highest BCUT2D eigenvalue weighted by Crippen LogP contribution is 2.21. The Balaban J connectivity index is 2.72. The second kappa shape index (κ2) is 6.47. The van der Waals surface area contributed by atoms with Gasteiger partial charge < -0.3 is 0 Å². The molecule has 0 amide bonds. The molecular formula is C11H15Cl2NO2S. The Kier molecular flexibility index (Phi) is 5.56. The third-order valence-electron chi connectivity index (χ3n) is 2.26. The Morgan fingerprint density at radius 2 is 2.00 bits per heavy atom. The van der Waals surface area contributed by atoms with Crippen molar-refractivity contribution in [3.63, 3.8) is 0 Å². The first-order valence-electron chi connectivity index (χ1n) is 5.27. The van der Waals surface area contributed by atoms with E-state index in [1.54, 1.807) is 18.2 Å². The van der Waals surface area contributed by atoms with Gasteiger partial charge in [-0.15, -0.1) is 11.6 Å². The molecule has 0 radical (unpaired) electrons. The molecule has 0 unspecified atom stereocenters. The summed E-state index contributed by atoms with van der Waals surface area (Å²) in [7, 11) is -3.31. The second-order valence-corrected chi connectivity index (χ2v) is 6.43. The molecular weight excluding hydrogens is 281 g/mol. The van der Waals surface area contributed by atoms with Gasteiger partial charge in [0.2, 0.25) is 10.0 Å². The Bertz CT molecular complexity index is 474. The van der Waals surface area contributed by atoms with E-state index in [2.05, 4.69) is 4.72 Å². The summed E-state index contributed by atoms with van der Waals surface area (Å²) >= 11 is 11.3. The lowest BCUT2D eigenvalue weighted by atomic mass is 10.2. The van der Waals surface area contributed by atoms with Gasteiger partial charge in [-0.1, -0.05) is 17.7 Å². The third-order valence-corrected chi connectivity index (χ3v) is 4.12. The molecule has 0 aliphatic carbocycles. The number of rotatable bonds is 6. The summed E-state index contributed by atoms with van der Waals surface area (Å²) in [5.41, 5.74) is 1.37. The fraction of sp³-hybridized carbons (Fsp3) is 0.455. The molecule has 0 heterocycles. The number of hydrogen-bond acceptors (Lipinski definition) is 2. The minimum absolute atomic E-state index is 0.0751. The molecule has 1 aromatic rings. The van der Waals surface area contributed by atoms with Gasteiger partial charge in [0.15, 0.2) is 0 Å². The van der Waals surface area contributed by atoms with E-state index < -0.39 is 10.0 Å². The molecule has 0 atom stereocenters. The molecule has 0 aromatic heterocycles. The highest BCUT2D eigenvalue weighted by Gasteiger charge is 2.11. The molecule has 0 spiro atoms. The summed E-state index contributed by atoms with van der Waals surface area (Å²) < 4.78 is 26.0. The van der Waals surface area contributed by atoms with E-state index in [0.29, 0.717) is 29.4 Å². The fourth-order valence-corrected chi connectivity index (χ4v) is 2.91. The number of alkyl halides is 1. The molecule has 0 aliphatic rings. The molecule has 1 N–H and O–H groups in total. The van der Waals surface area contributed by atoms with Crippen LogP contribution in [0.4, 0.5) is 5.69 Å².